The SMILES string of the molecule is CCC(C(=O)Nc1ccc(-c2csc(Nc3ccccc3OC)n2)cc1)c1ccccc1. The van der Waals surface area contributed by atoms with E-state index in [2.05, 4.69) is 15.6 Å². The van der Waals surface area contributed by atoms with E-state index >= 15 is 0 Å². The second-order valence-electron chi connectivity index (χ2n) is 7.30. The van der Waals surface area contributed by atoms with Crippen LogP contribution in [0.25, 0.3) is 11.3 Å². The maximum Gasteiger partial charge on any atom is 0.231 e. The zero-order valence-corrected chi connectivity index (χ0v) is 18.9. The molecule has 3 aromatic carbocycles. The molecule has 1 atom stereocenters. The van der Waals surface area contributed by atoms with Crippen molar-refractivity contribution >= 4 is 33.8 Å². The average molecular weight is 444 g/mol. The second kappa shape index (κ2) is 10.1. The van der Waals surface area contributed by atoms with Crippen molar-refractivity contribution in [2.24, 2.45) is 0 Å². The Kier molecular flexibility index (Phi) is 6.82. The minimum atomic E-state index is -0.168. The molecule has 1 aromatic heterocycles. The van der Waals surface area contributed by atoms with E-state index < -0.39 is 0 Å². The minimum absolute atomic E-state index is 0.00315. The van der Waals surface area contributed by atoms with E-state index in [-0.39, 0.29) is 11.8 Å². The molecular weight excluding hydrogens is 418 g/mol. The van der Waals surface area contributed by atoms with Crippen LogP contribution in [0.4, 0.5) is 16.5 Å². The van der Waals surface area contributed by atoms with Gasteiger partial charge in [-0.15, -0.1) is 11.3 Å². The molecule has 0 radical (unpaired) electrons. The summed E-state index contributed by atoms with van der Waals surface area (Å²) in [5, 5.41) is 9.14. The summed E-state index contributed by atoms with van der Waals surface area (Å²) in [5.41, 5.74) is 4.54. The van der Waals surface area contributed by atoms with Gasteiger partial charge in [-0.2, -0.15) is 0 Å². The van der Waals surface area contributed by atoms with Gasteiger partial charge in [-0.25, -0.2) is 4.98 Å². The molecule has 0 aliphatic rings. The molecule has 0 aliphatic heterocycles. The lowest BCUT2D eigenvalue weighted by Crippen LogP contribution is -2.20. The van der Waals surface area contributed by atoms with Gasteiger partial charge in [0.25, 0.3) is 0 Å². The van der Waals surface area contributed by atoms with Gasteiger partial charge in [-0.3, -0.25) is 4.79 Å². The topological polar surface area (TPSA) is 63.2 Å². The van der Waals surface area contributed by atoms with Crippen LogP contribution in [0, 0.1) is 0 Å². The number of amides is 1. The highest BCUT2D eigenvalue weighted by atomic mass is 32.1. The quantitative estimate of drug-likeness (QED) is 0.318. The van der Waals surface area contributed by atoms with Gasteiger partial charge in [0.15, 0.2) is 5.13 Å². The minimum Gasteiger partial charge on any atom is -0.495 e. The molecule has 1 unspecified atom stereocenters. The number of methoxy groups -OCH3 is 1. The van der Waals surface area contributed by atoms with Crippen molar-refractivity contribution in [3.63, 3.8) is 0 Å². The van der Waals surface area contributed by atoms with Crippen molar-refractivity contribution in [2.45, 2.75) is 19.3 Å². The first-order valence-corrected chi connectivity index (χ1v) is 11.4. The van der Waals surface area contributed by atoms with Gasteiger partial charge in [-0.1, -0.05) is 61.5 Å². The number of thiazole rings is 1. The van der Waals surface area contributed by atoms with Crippen molar-refractivity contribution in [3.05, 3.63) is 89.8 Å². The van der Waals surface area contributed by atoms with Gasteiger partial charge < -0.3 is 15.4 Å². The summed E-state index contributed by atoms with van der Waals surface area (Å²) in [4.78, 5) is 17.5. The molecule has 162 valence electrons. The maximum atomic E-state index is 12.8. The molecule has 0 saturated carbocycles. The third kappa shape index (κ3) is 4.98. The molecule has 1 amide bonds. The number of benzene rings is 3. The molecule has 4 rings (SSSR count). The molecular formula is C26H25N3O2S. The number of aromatic nitrogens is 1. The molecule has 0 bridgehead atoms. The van der Waals surface area contributed by atoms with Crippen LogP contribution in [0.15, 0.2) is 84.2 Å². The molecule has 6 heteroatoms. The Morgan fingerprint density at radius 2 is 1.72 bits per heavy atom. The number of ether oxygens (including phenoxy) is 1. The van der Waals surface area contributed by atoms with Gasteiger partial charge in [0.05, 0.1) is 24.4 Å². The Bertz CT molecular complexity index is 1170. The summed E-state index contributed by atoms with van der Waals surface area (Å²) in [5.74, 6) is 0.603. The van der Waals surface area contributed by atoms with Crippen molar-refractivity contribution in [1.82, 2.24) is 4.98 Å². The standard InChI is InChI=1S/C26H25N3O2S/c1-3-21(18-9-5-4-6-10-18)25(30)27-20-15-13-19(14-16-20)23-17-32-26(29-23)28-22-11-7-8-12-24(22)31-2/h4-17,21H,3H2,1-2H3,(H,27,30)(H,28,29). The zero-order valence-electron chi connectivity index (χ0n) is 18.0. The number of hydrogen-bond donors (Lipinski definition) is 2. The highest BCUT2D eigenvalue weighted by Gasteiger charge is 2.18. The van der Waals surface area contributed by atoms with Gasteiger partial charge in [0, 0.05) is 16.6 Å². The van der Waals surface area contributed by atoms with Gasteiger partial charge in [0.2, 0.25) is 5.91 Å². The Morgan fingerprint density at radius 3 is 2.44 bits per heavy atom. The molecule has 2 N–H and O–H groups in total. The van der Waals surface area contributed by atoms with Crippen LogP contribution >= 0.6 is 11.3 Å². The van der Waals surface area contributed by atoms with E-state index in [4.69, 9.17) is 4.74 Å². The summed E-state index contributed by atoms with van der Waals surface area (Å²) < 4.78 is 5.39. The van der Waals surface area contributed by atoms with E-state index in [1.807, 2.05) is 91.2 Å². The van der Waals surface area contributed by atoms with E-state index in [9.17, 15) is 4.79 Å². The lowest BCUT2D eigenvalue weighted by atomic mass is 9.95. The Balaban J connectivity index is 1.43. The van der Waals surface area contributed by atoms with Crippen LogP contribution in [0.3, 0.4) is 0 Å². The molecule has 0 aliphatic carbocycles. The van der Waals surface area contributed by atoms with Crippen molar-refractivity contribution in [2.75, 3.05) is 17.7 Å². The smallest absolute Gasteiger partial charge is 0.231 e. The normalized spacial score (nSPS) is 11.6. The van der Waals surface area contributed by atoms with Crippen molar-refractivity contribution < 1.29 is 9.53 Å². The summed E-state index contributed by atoms with van der Waals surface area (Å²) in [6, 6.07) is 25.4. The second-order valence-corrected chi connectivity index (χ2v) is 8.16. The fraction of sp³-hybridized carbons (Fsp3) is 0.154. The molecule has 1 heterocycles. The van der Waals surface area contributed by atoms with Crippen LogP contribution in [0.1, 0.15) is 24.8 Å². The number of carbonyl (C=O) groups is 1. The van der Waals surface area contributed by atoms with E-state index in [0.29, 0.717) is 0 Å². The van der Waals surface area contributed by atoms with Gasteiger partial charge >= 0.3 is 0 Å². The van der Waals surface area contributed by atoms with Crippen molar-refractivity contribution in [1.29, 1.82) is 0 Å². The zero-order chi connectivity index (χ0) is 22.3. The first-order chi connectivity index (χ1) is 15.7. The lowest BCUT2D eigenvalue weighted by Gasteiger charge is -2.15. The third-order valence-corrected chi connectivity index (χ3v) is 5.99. The molecule has 32 heavy (non-hydrogen) atoms. The molecule has 4 aromatic rings. The summed E-state index contributed by atoms with van der Waals surface area (Å²) in [6.07, 6.45) is 0.745. The molecule has 0 spiro atoms. The van der Waals surface area contributed by atoms with Crippen LogP contribution in [0.5, 0.6) is 5.75 Å². The van der Waals surface area contributed by atoms with Gasteiger partial charge in [0.1, 0.15) is 5.75 Å². The number of hydrogen-bond acceptors (Lipinski definition) is 5. The van der Waals surface area contributed by atoms with Crippen LogP contribution in [-0.2, 0) is 4.79 Å². The largest absolute Gasteiger partial charge is 0.495 e. The molecule has 0 fully saturated rings. The summed E-state index contributed by atoms with van der Waals surface area (Å²) in [7, 11) is 1.65. The maximum absolute atomic E-state index is 12.8. The first-order valence-electron chi connectivity index (χ1n) is 10.5. The Labute approximate surface area is 192 Å². The number of anilines is 3. The third-order valence-electron chi connectivity index (χ3n) is 5.23. The lowest BCUT2D eigenvalue weighted by molar-refractivity contribution is -0.117. The fourth-order valence-electron chi connectivity index (χ4n) is 3.54. The molecule has 5 nitrogen and oxygen atoms in total. The van der Waals surface area contributed by atoms with Crippen LogP contribution in [-0.4, -0.2) is 18.0 Å². The monoisotopic (exact) mass is 443 g/mol. The molecule has 0 saturated heterocycles. The van der Waals surface area contributed by atoms with E-state index in [1.54, 1.807) is 7.11 Å². The van der Waals surface area contributed by atoms with Crippen LogP contribution < -0.4 is 15.4 Å². The van der Waals surface area contributed by atoms with Crippen molar-refractivity contribution in [3.8, 4) is 17.0 Å². The average Bonchev–Trinajstić information content (AvgIpc) is 3.29. The Morgan fingerprint density at radius 1 is 1.00 bits per heavy atom. The number of carbonyl (C=O) groups excluding carboxylic acids is 1. The number of nitrogens with zero attached hydrogens (tertiary/aromatic N) is 1. The highest BCUT2D eigenvalue weighted by molar-refractivity contribution is 7.14. The Hall–Kier alpha value is -3.64. The van der Waals surface area contributed by atoms with Gasteiger partial charge in [-0.05, 0) is 36.2 Å². The number of para-hydroxylation sites is 2. The predicted molar refractivity (Wildman–Crippen MR) is 132 cm³/mol. The summed E-state index contributed by atoms with van der Waals surface area (Å²) in [6.45, 7) is 2.03. The fourth-order valence-corrected chi connectivity index (χ4v) is 4.27. The number of nitrogens with one attached hydrogen (secondary N) is 2. The highest BCUT2D eigenvalue weighted by Crippen LogP contribution is 2.31. The first kappa shape index (κ1) is 21.6. The van der Waals surface area contributed by atoms with E-state index in [1.165, 1.54) is 11.3 Å². The van der Waals surface area contributed by atoms with E-state index in [0.717, 1.165) is 45.5 Å². The number of rotatable bonds is 8. The predicted octanol–water partition coefficient (Wildman–Crippen LogP) is 6.69. The summed E-state index contributed by atoms with van der Waals surface area (Å²) >= 11 is 1.53. The van der Waals surface area contributed by atoms with Crippen LogP contribution in [0.2, 0.25) is 0 Å².